The Bertz CT molecular complexity index is 201. The van der Waals surface area contributed by atoms with Crippen LogP contribution >= 0.6 is 0 Å². The molecule has 1 fully saturated rings. The van der Waals surface area contributed by atoms with Crippen LogP contribution in [0, 0.1) is 5.92 Å². The number of ether oxygens (including phenoxy) is 2. The van der Waals surface area contributed by atoms with Gasteiger partial charge < -0.3 is 14.6 Å². The molecule has 0 aliphatic carbocycles. The van der Waals surface area contributed by atoms with Crippen LogP contribution in [0.2, 0.25) is 0 Å². The highest BCUT2D eigenvalue weighted by Crippen LogP contribution is 2.37. The zero-order chi connectivity index (χ0) is 11.0. The second kappa shape index (κ2) is 3.80. The average molecular weight is 202 g/mol. The fourth-order valence-corrected chi connectivity index (χ4v) is 1.99. The summed E-state index contributed by atoms with van der Waals surface area (Å²) in [6, 6.07) is 0. The Morgan fingerprint density at radius 1 is 1.57 bits per heavy atom. The molecular weight excluding hydrogens is 180 g/mol. The summed E-state index contributed by atoms with van der Waals surface area (Å²) in [7, 11) is 0. The van der Waals surface area contributed by atoms with Crippen LogP contribution in [0.5, 0.6) is 0 Å². The summed E-state index contributed by atoms with van der Waals surface area (Å²) < 4.78 is 11.2. The Labute approximate surface area is 86.4 Å². The highest BCUT2D eigenvalue weighted by molar-refractivity contribution is 4.92. The van der Waals surface area contributed by atoms with Crippen LogP contribution in [0.4, 0.5) is 0 Å². The van der Waals surface area contributed by atoms with Gasteiger partial charge in [-0.1, -0.05) is 13.8 Å². The summed E-state index contributed by atoms with van der Waals surface area (Å²) in [6.07, 6.45) is 0.745. The fraction of sp³-hybridized carbons (Fsp3) is 1.00. The second-order valence-electron chi connectivity index (χ2n) is 5.06. The summed E-state index contributed by atoms with van der Waals surface area (Å²) in [5.74, 6) is -0.429. The third-order valence-electron chi connectivity index (χ3n) is 2.80. The van der Waals surface area contributed by atoms with Crippen molar-refractivity contribution in [2.75, 3.05) is 6.61 Å². The average Bonchev–Trinajstić information content (AvgIpc) is 2.29. The van der Waals surface area contributed by atoms with Gasteiger partial charge in [-0.25, -0.2) is 0 Å². The van der Waals surface area contributed by atoms with Crippen molar-refractivity contribution in [3.8, 4) is 0 Å². The second-order valence-corrected chi connectivity index (χ2v) is 5.06. The molecule has 0 saturated carbocycles. The molecule has 3 heteroatoms. The molecule has 3 unspecified atom stereocenters. The summed E-state index contributed by atoms with van der Waals surface area (Å²) in [5.41, 5.74) is -0.925. The molecule has 0 spiro atoms. The summed E-state index contributed by atoms with van der Waals surface area (Å²) in [4.78, 5) is 0. The third-order valence-corrected chi connectivity index (χ3v) is 2.80. The Morgan fingerprint density at radius 2 is 2.14 bits per heavy atom. The van der Waals surface area contributed by atoms with Crippen LogP contribution in [0.1, 0.15) is 41.0 Å². The number of aliphatic hydroxyl groups is 1. The van der Waals surface area contributed by atoms with Crippen LogP contribution in [0.3, 0.4) is 0 Å². The first-order chi connectivity index (χ1) is 6.27. The molecule has 1 N–H and O–H groups in total. The molecule has 14 heavy (non-hydrogen) atoms. The van der Waals surface area contributed by atoms with E-state index in [1.807, 2.05) is 13.8 Å². The molecule has 1 saturated heterocycles. The number of hydrogen-bond donors (Lipinski definition) is 1. The molecule has 1 heterocycles. The summed E-state index contributed by atoms with van der Waals surface area (Å²) >= 11 is 0. The minimum Gasteiger partial charge on any atom is -0.385 e. The van der Waals surface area contributed by atoms with Gasteiger partial charge in [0.05, 0.1) is 12.7 Å². The van der Waals surface area contributed by atoms with E-state index in [0.29, 0.717) is 18.9 Å². The molecule has 0 bridgehead atoms. The van der Waals surface area contributed by atoms with Gasteiger partial charge in [0.25, 0.3) is 0 Å². The molecular formula is C11H22O3. The van der Waals surface area contributed by atoms with Crippen LogP contribution in [-0.2, 0) is 9.47 Å². The first-order valence-corrected chi connectivity index (χ1v) is 5.31. The Kier molecular flexibility index (Phi) is 3.24. The highest BCUT2D eigenvalue weighted by atomic mass is 16.8. The number of hydrogen-bond acceptors (Lipinski definition) is 3. The van der Waals surface area contributed by atoms with Gasteiger partial charge in [-0.15, -0.1) is 0 Å². The molecule has 0 aromatic heterocycles. The van der Waals surface area contributed by atoms with Crippen LogP contribution in [0.15, 0.2) is 0 Å². The van der Waals surface area contributed by atoms with E-state index in [1.165, 1.54) is 0 Å². The monoisotopic (exact) mass is 202 g/mol. The predicted molar refractivity (Wildman–Crippen MR) is 55.0 cm³/mol. The van der Waals surface area contributed by atoms with Gasteiger partial charge >= 0.3 is 0 Å². The van der Waals surface area contributed by atoms with Crippen LogP contribution in [0.25, 0.3) is 0 Å². The Morgan fingerprint density at radius 3 is 2.50 bits per heavy atom. The first kappa shape index (κ1) is 12.0. The van der Waals surface area contributed by atoms with E-state index >= 15 is 0 Å². The Balaban J connectivity index is 2.70. The van der Waals surface area contributed by atoms with E-state index in [9.17, 15) is 5.11 Å². The zero-order valence-electron chi connectivity index (χ0n) is 9.83. The molecule has 0 amide bonds. The molecule has 0 radical (unpaired) electrons. The first-order valence-electron chi connectivity index (χ1n) is 5.31. The summed E-state index contributed by atoms with van der Waals surface area (Å²) in [6.45, 7) is 10.3. The maximum absolute atomic E-state index is 10.3. The molecule has 1 aliphatic rings. The van der Waals surface area contributed by atoms with Crippen molar-refractivity contribution in [2.45, 2.75) is 58.5 Å². The molecule has 3 nitrogen and oxygen atoms in total. The standard InChI is InChI=1S/C11H22O3/c1-8(2)6-10(4,12)11(5)13-7-9(3)14-11/h8-9,12H,6-7H2,1-5H3. The fourth-order valence-electron chi connectivity index (χ4n) is 1.99. The SMILES string of the molecule is CC(C)CC(C)(O)C1(C)OCC(C)O1. The van der Waals surface area contributed by atoms with E-state index in [0.717, 1.165) is 0 Å². The lowest BCUT2D eigenvalue weighted by molar-refractivity contribution is -0.262. The van der Waals surface area contributed by atoms with Gasteiger partial charge in [0, 0.05) is 0 Å². The van der Waals surface area contributed by atoms with E-state index in [4.69, 9.17) is 9.47 Å². The lowest BCUT2D eigenvalue weighted by Crippen LogP contribution is -2.51. The molecule has 0 aromatic rings. The minimum atomic E-state index is -0.925. The van der Waals surface area contributed by atoms with E-state index < -0.39 is 11.4 Å². The van der Waals surface area contributed by atoms with Crippen molar-refractivity contribution >= 4 is 0 Å². The molecule has 84 valence electrons. The van der Waals surface area contributed by atoms with E-state index in [-0.39, 0.29) is 6.10 Å². The van der Waals surface area contributed by atoms with Gasteiger partial charge in [0.2, 0.25) is 0 Å². The largest absolute Gasteiger partial charge is 0.385 e. The zero-order valence-corrected chi connectivity index (χ0v) is 9.83. The smallest absolute Gasteiger partial charge is 0.194 e. The minimum absolute atomic E-state index is 0.0682. The third kappa shape index (κ3) is 2.27. The van der Waals surface area contributed by atoms with Gasteiger partial charge in [0.1, 0.15) is 5.60 Å². The van der Waals surface area contributed by atoms with E-state index in [1.54, 1.807) is 6.92 Å². The van der Waals surface area contributed by atoms with Crippen molar-refractivity contribution < 1.29 is 14.6 Å². The lowest BCUT2D eigenvalue weighted by atomic mass is 9.87. The van der Waals surface area contributed by atoms with E-state index in [2.05, 4.69) is 13.8 Å². The predicted octanol–water partition coefficient (Wildman–Crippen LogP) is 1.93. The molecule has 1 rings (SSSR count). The normalized spacial score (nSPS) is 37.5. The van der Waals surface area contributed by atoms with Crippen molar-refractivity contribution in [1.82, 2.24) is 0 Å². The van der Waals surface area contributed by atoms with Gasteiger partial charge in [-0.05, 0) is 33.1 Å². The summed E-state index contributed by atoms with van der Waals surface area (Å²) in [5, 5.41) is 10.3. The van der Waals surface area contributed by atoms with Crippen molar-refractivity contribution in [3.05, 3.63) is 0 Å². The Hall–Kier alpha value is -0.120. The van der Waals surface area contributed by atoms with Gasteiger partial charge in [0.15, 0.2) is 5.79 Å². The molecule has 1 aliphatic heterocycles. The van der Waals surface area contributed by atoms with Gasteiger partial charge in [-0.3, -0.25) is 0 Å². The topological polar surface area (TPSA) is 38.7 Å². The van der Waals surface area contributed by atoms with Crippen molar-refractivity contribution in [3.63, 3.8) is 0 Å². The van der Waals surface area contributed by atoms with Crippen LogP contribution < -0.4 is 0 Å². The maximum Gasteiger partial charge on any atom is 0.194 e. The molecule has 3 atom stereocenters. The quantitative estimate of drug-likeness (QED) is 0.760. The number of rotatable bonds is 3. The maximum atomic E-state index is 10.3. The van der Waals surface area contributed by atoms with Crippen molar-refractivity contribution in [1.29, 1.82) is 0 Å². The van der Waals surface area contributed by atoms with Crippen LogP contribution in [-0.4, -0.2) is 29.2 Å². The highest BCUT2D eigenvalue weighted by Gasteiger charge is 2.50. The van der Waals surface area contributed by atoms with Gasteiger partial charge in [-0.2, -0.15) is 0 Å². The lowest BCUT2D eigenvalue weighted by Gasteiger charge is -2.39. The van der Waals surface area contributed by atoms with Crippen molar-refractivity contribution in [2.24, 2.45) is 5.92 Å². The molecule has 0 aromatic carbocycles.